The second-order valence-corrected chi connectivity index (χ2v) is 7.86. The highest BCUT2D eigenvalue weighted by molar-refractivity contribution is 7.89. The zero-order valence-corrected chi connectivity index (χ0v) is 13.1. The van der Waals surface area contributed by atoms with Gasteiger partial charge in [-0.2, -0.15) is 4.31 Å². The quantitative estimate of drug-likeness (QED) is 0.810. The first-order chi connectivity index (χ1) is 9.41. The summed E-state index contributed by atoms with van der Waals surface area (Å²) in [6.07, 6.45) is 1.66. The summed E-state index contributed by atoms with van der Waals surface area (Å²) in [5, 5.41) is 0.199. The van der Waals surface area contributed by atoms with E-state index in [4.69, 9.17) is 0 Å². The van der Waals surface area contributed by atoms with Gasteiger partial charge in [-0.3, -0.25) is 0 Å². The van der Waals surface area contributed by atoms with Crippen molar-refractivity contribution < 1.29 is 8.42 Å². The summed E-state index contributed by atoms with van der Waals surface area (Å²) in [7, 11) is -1.33. The van der Waals surface area contributed by atoms with E-state index in [-0.39, 0.29) is 5.03 Å². The van der Waals surface area contributed by atoms with E-state index in [1.807, 2.05) is 18.4 Å². The first kappa shape index (κ1) is 14.0. The maximum Gasteiger partial charge on any atom is 0.262 e. The molecule has 0 N–H and O–H groups in total. The van der Waals surface area contributed by atoms with Crippen LogP contribution in [0.4, 0.5) is 0 Å². The van der Waals surface area contributed by atoms with Crippen LogP contribution in [0.1, 0.15) is 12.7 Å². The molecule has 2 fully saturated rings. The van der Waals surface area contributed by atoms with E-state index in [1.54, 1.807) is 10.5 Å². The highest BCUT2D eigenvalue weighted by atomic mass is 32.2. The second kappa shape index (κ2) is 4.82. The summed E-state index contributed by atoms with van der Waals surface area (Å²) in [6.45, 7) is 7.84. The lowest BCUT2D eigenvalue weighted by molar-refractivity contribution is 0.349. The van der Waals surface area contributed by atoms with Gasteiger partial charge in [-0.25, -0.2) is 13.4 Å². The predicted octanol–water partition coefficient (Wildman–Crippen LogP) is 0.394. The number of rotatable bonds is 3. The minimum atomic E-state index is -3.43. The van der Waals surface area contributed by atoms with Crippen LogP contribution in [0, 0.1) is 18.8 Å². The van der Waals surface area contributed by atoms with Crippen LogP contribution >= 0.6 is 0 Å². The van der Waals surface area contributed by atoms with Gasteiger partial charge >= 0.3 is 0 Å². The van der Waals surface area contributed by atoms with Crippen molar-refractivity contribution in [2.75, 3.05) is 33.2 Å². The molecule has 2 atom stereocenters. The molecule has 20 heavy (non-hydrogen) atoms. The number of hydrogen-bond acceptors (Lipinski definition) is 4. The SMILES string of the molecule is CCn1cc(S(=O)(=O)N2CC3CN(C)CC3C2)nc1C. The topological polar surface area (TPSA) is 58.4 Å². The standard InChI is InChI=1S/C13H22N4O2S/c1-4-16-9-13(14-10(16)2)20(18,19)17-7-11-5-15(3)6-12(11)8-17/h9,11-12H,4-8H2,1-3H3. The molecule has 0 amide bonds. The van der Waals surface area contributed by atoms with E-state index in [0.717, 1.165) is 25.5 Å². The number of nitrogens with zero attached hydrogens (tertiary/aromatic N) is 4. The Morgan fingerprint density at radius 1 is 1.25 bits per heavy atom. The van der Waals surface area contributed by atoms with E-state index in [1.165, 1.54) is 0 Å². The zero-order chi connectivity index (χ0) is 14.5. The third-order valence-corrected chi connectivity index (χ3v) is 6.24. The number of likely N-dealkylation sites (tertiary alicyclic amines) is 1. The van der Waals surface area contributed by atoms with E-state index in [2.05, 4.69) is 16.9 Å². The Morgan fingerprint density at radius 3 is 2.35 bits per heavy atom. The van der Waals surface area contributed by atoms with Crippen molar-refractivity contribution in [1.29, 1.82) is 0 Å². The van der Waals surface area contributed by atoms with Crippen LogP contribution in [0.3, 0.4) is 0 Å². The zero-order valence-electron chi connectivity index (χ0n) is 12.3. The Labute approximate surface area is 120 Å². The van der Waals surface area contributed by atoms with E-state index in [0.29, 0.717) is 24.9 Å². The summed E-state index contributed by atoms with van der Waals surface area (Å²) < 4.78 is 28.8. The molecule has 112 valence electrons. The van der Waals surface area contributed by atoms with Gasteiger partial charge in [-0.15, -0.1) is 0 Å². The van der Waals surface area contributed by atoms with Crippen molar-refractivity contribution in [1.82, 2.24) is 18.8 Å². The van der Waals surface area contributed by atoms with Crippen molar-refractivity contribution in [2.45, 2.75) is 25.4 Å². The molecule has 0 aliphatic carbocycles. The number of aryl methyl sites for hydroxylation is 2. The van der Waals surface area contributed by atoms with E-state index < -0.39 is 10.0 Å². The van der Waals surface area contributed by atoms with E-state index in [9.17, 15) is 8.42 Å². The fraction of sp³-hybridized carbons (Fsp3) is 0.769. The molecule has 2 aliphatic heterocycles. The number of sulfonamides is 1. The van der Waals surface area contributed by atoms with Crippen LogP contribution in [0.5, 0.6) is 0 Å². The summed E-state index contributed by atoms with van der Waals surface area (Å²) in [5.41, 5.74) is 0. The average Bonchev–Trinajstić information content (AvgIpc) is 3.01. The Bertz CT molecular complexity index is 596. The lowest BCUT2D eigenvalue weighted by atomic mass is 10.0. The number of hydrogen-bond donors (Lipinski definition) is 0. The van der Waals surface area contributed by atoms with Crippen molar-refractivity contribution in [3.8, 4) is 0 Å². The molecule has 2 unspecified atom stereocenters. The molecule has 0 saturated carbocycles. The largest absolute Gasteiger partial charge is 0.334 e. The third-order valence-electron chi connectivity index (χ3n) is 4.53. The fourth-order valence-electron chi connectivity index (χ4n) is 3.44. The monoisotopic (exact) mass is 298 g/mol. The van der Waals surface area contributed by atoms with Crippen molar-refractivity contribution >= 4 is 10.0 Å². The Morgan fingerprint density at radius 2 is 1.85 bits per heavy atom. The molecule has 1 aromatic heterocycles. The summed E-state index contributed by atoms with van der Waals surface area (Å²) in [4.78, 5) is 6.52. The molecule has 7 heteroatoms. The minimum Gasteiger partial charge on any atom is -0.334 e. The van der Waals surface area contributed by atoms with Gasteiger partial charge in [0.15, 0.2) is 5.03 Å². The molecule has 2 saturated heterocycles. The van der Waals surface area contributed by atoms with Crippen LogP contribution in [-0.2, 0) is 16.6 Å². The lowest BCUT2D eigenvalue weighted by Gasteiger charge is -2.17. The highest BCUT2D eigenvalue weighted by Gasteiger charge is 2.43. The molecule has 2 aliphatic rings. The molecule has 0 bridgehead atoms. The fourth-order valence-corrected chi connectivity index (χ4v) is 4.98. The van der Waals surface area contributed by atoms with Crippen molar-refractivity contribution in [3.05, 3.63) is 12.0 Å². The molecule has 0 radical (unpaired) electrons. The second-order valence-electron chi connectivity index (χ2n) is 5.98. The molecule has 1 aromatic rings. The van der Waals surface area contributed by atoms with Crippen LogP contribution < -0.4 is 0 Å². The van der Waals surface area contributed by atoms with Gasteiger partial charge in [0.2, 0.25) is 0 Å². The molecule has 3 heterocycles. The normalized spacial score (nSPS) is 28.1. The summed E-state index contributed by atoms with van der Waals surface area (Å²) in [6, 6.07) is 0. The number of imidazole rings is 1. The van der Waals surface area contributed by atoms with Gasteiger partial charge in [0.1, 0.15) is 5.82 Å². The van der Waals surface area contributed by atoms with E-state index >= 15 is 0 Å². The van der Waals surface area contributed by atoms with Gasteiger partial charge in [0, 0.05) is 38.9 Å². The lowest BCUT2D eigenvalue weighted by Crippen LogP contribution is -2.32. The first-order valence-electron chi connectivity index (χ1n) is 7.14. The van der Waals surface area contributed by atoms with Crippen LogP contribution in [-0.4, -0.2) is 60.4 Å². The minimum absolute atomic E-state index is 0.199. The van der Waals surface area contributed by atoms with Crippen molar-refractivity contribution in [3.63, 3.8) is 0 Å². The molecule has 6 nitrogen and oxygen atoms in total. The molecule has 3 rings (SSSR count). The number of aromatic nitrogens is 2. The van der Waals surface area contributed by atoms with Crippen molar-refractivity contribution in [2.24, 2.45) is 11.8 Å². The maximum absolute atomic E-state index is 12.7. The smallest absolute Gasteiger partial charge is 0.262 e. The Kier molecular flexibility index (Phi) is 3.38. The Hall–Kier alpha value is -0.920. The number of fused-ring (bicyclic) bond motifs is 1. The predicted molar refractivity (Wildman–Crippen MR) is 75.9 cm³/mol. The molecule has 0 aromatic carbocycles. The molecular weight excluding hydrogens is 276 g/mol. The summed E-state index contributed by atoms with van der Waals surface area (Å²) >= 11 is 0. The summed E-state index contributed by atoms with van der Waals surface area (Å²) in [5.74, 6) is 1.71. The van der Waals surface area contributed by atoms with Crippen LogP contribution in [0.25, 0.3) is 0 Å². The van der Waals surface area contributed by atoms with Crippen LogP contribution in [0.2, 0.25) is 0 Å². The molecular formula is C13H22N4O2S. The third kappa shape index (κ3) is 2.17. The Balaban J connectivity index is 1.83. The van der Waals surface area contributed by atoms with Gasteiger partial charge in [-0.05, 0) is 32.7 Å². The molecule has 0 spiro atoms. The van der Waals surface area contributed by atoms with Gasteiger partial charge in [0.05, 0.1) is 0 Å². The van der Waals surface area contributed by atoms with Crippen LogP contribution in [0.15, 0.2) is 11.2 Å². The van der Waals surface area contributed by atoms with Gasteiger partial charge < -0.3 is 9.47 Å². The van der Waals surface area contributed by atoms with Gasteiger partial charge in [0.25, 0.3) is 10.0 Å². The van der Waals surface area contributed by atoms with Gasteiger partial charge in [-0.1, -0.05) is 0 Å². The highest BCUT2D eigenvalue weighted by Crippen LogP contribution is 2.33. The maximum atomic E-state index is 12.7. The first-order valence-corrected chi connectivity index (χ1v) is 8.58. The average molecular weight is 298 g/mol.